The van der Waals surface area contributed by atoms with Crippen molar-refractivity contribution in [1.29, 1.82) is 0 Å². The maximum Gasteiger partial charge on any atom is 0.316 e. The van der Waals surface area contributed by atoms with E-state index in [4.69, 9.17) is 0 Å². The summed E-state index contributed by atoms with van der Waals surface area (Å²) in [5.74, 6) is 1.35. The van der Waals surface area contributed by atoms with Crippen LogP contribution in [0.5, 0.6) is 0 Å². The highest BCUT2D eigenvalue weighted by atomic mass is 16.2. The fourth-order valence-electron chi connectivity index (χ4n) is 4.64. The number of likely N-dealkylation sites (tertiary alicyclic amines) is 1. The van der Waals surface area contributed by atoms with Crippen LogP contribution in [-0.4, -0.2) is 78.5 Å². The van der Waals surface area contributed by atoms with Gasteiger partial charge in [0, 0.05) is 25.0 Å². The van der Waals surface area contributed by atoms with E-state index in [1.807, 2.05) is 46.4 Å². The molecule has 5 atom stereocenters. The summed E-state index contributed by atoms with van der Waals surface area (Å²) >= 11 is 0. The molecular weight excluding hydrogens is 586 g/mol. The van der Waals surface area contributed by atoms with E-state index < -0.39 is 23.5 Å². The molecule has 46 heavy (non-hydrogen) atoms. The summed E-state index contributed by atoms with van der Waals surface area (Å²) in [5, 5.41) is 10.6. The minimum absolute atomic E-state index is 0.00426. The van der Waals surface area contributed by atoms with Crippen molar-refractivity contribution >= 4 is 36.3 Å². The third-order valence-electron chi connectivity index (χ3n) is 8.39. The number of Topliss-reactive ketones (excluding diaryl/α,β-unsaturated/α-hetero) is 2. The van der Waals surface area contributed by atoms with Gasteiger partial charge in [-0.3, -0.25) is 24.0 Å². The number of rotatable bonds is 14. The van der Waals surface area contributed by atoms with Crippen molar-refractivity contribution in [3.8, 4) is 0 Å². The van der Waals surface area contributed by atoms with E-state index in [1.165, 1.54) is 19.8 Å². The van der Waals surface area contributed by atoms with Crippen LogP contribution in [-0.2, 0) is 24.0 Å². The zero-order valence-corrected chi connectivity index (χ0v) is 29.9. The minimum Gasteiger partial charge on any atom is -0.355 e. The van der Waals surface area contributed by atoms with Gasteiger partial charge in [-0.1, -0.05) is 73.8 Å². The normalized spacial score (nSPS) is 19.3. The number of carbonyl (C=O) groups is 6. The first-order valence-corrected chi connectivity index (χ1v) is 17.0. The number of ketones is 2. The topological polar surface area (TPSA) is 154 Å². The van der Waals surface area contributed by atoms with E-state index in [1.54, 1.807) is 6.08 Å². The molecule has 3 fully saturated rings. The first kappa shape index (κ1) is 42.8. The quantitative estimate of drug-likeness (QED) is 0.123. The van der Waals surface area contributed by atoms with Crippen molar-refractivity contribution in [2.45, 2.75) is 138 Å². The van der Waals surface area contributed by atoms with Gasteiger partial charge in [-0.25, -0.2) is 4.79 Å². The van der Waals surface area contributed by atoms with E-state index >= 15 is 0 Å². The van der Waals surface area contributed by atoms with E-state index in [2.05, 4.69) is 41.7 Å². The molecular formula is C35H63N5O6. The first-order valence-electron chi connectivity index (χ1n) is 17.0. The molecule has 2 aliphatic carbocycles. The predicted molar refractivity (Wildman–Crippen MR) is 183 cm³/mol. The van der Waals surface area contributed by atoms with Gasteiger partial charge in [0.15, 0.2) is 11.6 Å². The maximum absolute atomic E-state index is 13.1. The van der Waals surface area contributed by atoms with E-state index in [0.29, 0.717) is 25.8 Å². The summed E-state index contributed by atoms with van der Waals surface area (Å²) < 4.78 is 0. The number of nitrogens with zero attached hydrogens (tertiary/aromatic N) is 1. The summed E-state index contributed by atoms with van der Waals surface area (Å²) in [4.78, 5) is 70.0. The Morgan fingerprint density at radius 1 is 0.935 bits per heavy atom. The lowest BCUT2D eigenvalue weighted by atomic mass is 9.85. The lowest BCUT2D eigenvalue weighted by Crippen LogP contribution is -2.59. The molecule has 0 radical (unpaired) electrons. The molecule has 0 spiro atoms. The molecule has 5 amide bonds. The third-order valence-corrected chi connectivity index (χ3v) is 8.39. The molecule has 0 bridgehead atoms. The number of urea groups is 1. The minimum atomic E-state index is -0.619. The van der Waals surface area contributed by atoms with Gasteiger partial charge in [0.1, 0.15) is 6.04 Å². The van der Waals surface area contributed by atoms with Crippen LogP contribution in [0, 0.1) is 23.2 Å². The molecule has 1 heterocycles. The Morgan fingerprint density at radius 2 is 1.52 bits per heavy atom. The maximum atomic E-state index is 13.1. The zero-order valence-electron chi connectivity index (χ0n) is 29.9. The van der Waals surface area contributed by atoms with Crippen molar-refractivity contribution in [2.75, 3.05) is 13.1 Å². The van der Waals surface area contributed by atoms with Gasteiger partial charge in [0.05, 0.1) is 12.1 Å². The number of nitrogens with one attached hydrogen (secondary N) is 4. The molecule has 0 aromatic heterocycles. The van der Waals surface area contributed by atoms with Crippen molar-refractivity contribution in [3.63, 3.8) is 0 Å². The summed E-state index contributed by atoms with van der Waals surface area (Å²) in [6, 6.07) is -1.61. The van der Waals surface area contributed by atoms with Gasteiger partial charge in [-0.15, -0.1) is 6.58 Å². The second-order valence-electron chi connectivity index (χ2n) is 13.8. The molecule has 11 heteroatoms. The van der Waals surface area contributed by atoms with Crippen LogP contribution in [0.25, 0.3) is 0 Å². The van der Waals surface area contributed by atoms with Crippen LogP contribution in [0.4, 0.5) is 4.79 Å². The average molecular weight is 650 g/mol. The largest absolute Gasteiger partial charge is 0.355 e. The SMILES string of the molecule is C=CCNC=O.CC1CC1.CCC(C)C(NC(=O)NC(C(=O)N1CCCC1C)C(C)(C)C)C(=O)C1CC1.CCC(NC=O)C(C)=O. The molecule has 4 N–H and O–H groups in total. The lowest BCUT2D eigenvalue weighted by Gasteiger charge is -2.35. The van der Waals surface area contributed by atoms with Gasteiger partial charge in [-0.05, 0) is 63.2 Å². The third kappa shape index (κ3) is 17.5. The molecule has 11 nitrogen and oxygen atoms in total. The Labute approximate surface area is 277 Å². The monoisotopic (exact) mass is 649 g/mol. The smallest absolute Gasteiger partial charge is 0.316 e. The highest BCUT2D eigenvalue weighted by Crippen LogP contribution is 2.33. The summed E-state index contributed by atoms with van der Waals surface area (Å²) in [6.07, 6.45) is 11.1. The van der Waals surface area contributed by atoms with E-state index in [9.17, 15) is 28.8 Å². The fraction of sp³-hybridized carbons (Fsp3) is 0.771. The van der Waals surface area contributed by atoms with Crippen LogP contribution >= 0.6 is 0 Å². The summed E-state index contributed by atoms with van der Waals surface area (Å²) in [6.45, 7) is 22.2. The van der Waals surface area contributed by atoms with Crippen LogP contribution in [0.15, 0.2) is 12.7 Å². The van der Waals surface area contributed by atoms with Gasteiger partial charge in [0.25, 0.3) is 0 Å². The van der Waals surface area contributed by atoms with Crippen LogP contribution in [0.1, 0.15) is 114 Å². The molecule has 264 valence electrons. The number of hydrogen-bond acceptors (Lipinski definition) is 6. The molecule has 1 saturated heterocycles. The number of hydrogen-bond donors (Lipinski definition) is 4. The average Bonchev–Trinajstić information content (AvgIpc) is 3.95. The van der Waals surface area contributed by atoms with Crippen molar-refractivity contribution in [1.82, 2.24) is 26.2 Å². The lowest BCUT2D eigenvalue weighted by molar-refractivity contribution is -0.136. The Bertz CT molecular complexity index is 965. The fourth-order valence-corrected chi connectivity index (χ4v) is 4.64. The Kier molecular flexibility index (Phi) is 20.7. The Hall–Kier alpha value is -3.24. The van der Waals surface area contributed by atoms with Gasteiger partial charge >= 0.3 is 6.03 Å². The standard InChI is InChI=1S/C21H37N3O3.C6H11NO2.C4H7NO.C4H8/c1-7-13(2)16(17(25)15-10-11-15)22-20(27)23-18(21(4,5)6)19(26)24-12-8-9-14(24)3;1-3-6(5(2)9)7-4-8;1-2-3-5-4-6;1-4-2-3-4/h13-16,18H,7-12H2,1-6H3,(H2,22,23,27);4,6H,3H2,1-2H3,(H,7,8);2,4H,1,3H2,(H,5,6);4H,2-3H2,1H3. The van der Waals surface area contributed by atoms with Crippen LogP contribution in [0.3, 0.4) is 0 Å². The second kappa shape index (κ2) is 22.3. The number of carbonyl (C=O) groups excluding carboxylic acids is 6. The summed E-state index contributed by atoms with van der Waals surface area (Å²) in [5.41, 5.74) is -0.414. The van der Waals surface area contributed by atoms with Crippen molar-refractivity contribution < 1.29 is 28.8 Å². The van der Waals surface area contributed by atoms with Gasteiger partial charge in [0.2, 0.25) is 18.7 Å². The van der Waals surface area contributed by atoms with Crippen molar-refractivity contribution in [2.24, 2.45) is 23.2 Å². The van der Waals surface area contributed by atoms with Crippen molar-refractivity contribution in [3.05, 3.63) is 12.7 Å². The zero-order chi connectivity index (χ0) is 35.4. The van der Waals surface area contributed by atoms with Gasteiger partial charge < -0.3 is 26.2 Å². The van der Waals surface area contributed by atoms with Crippen LogP contribution < -0.4 is 21.3 Å². The Morgan fingerprint density at radius 3 is 1.83 bits per heavy atom. The molecule has 0 aromatic rings. The summed E-state index contributed by atoms with van der Waals surface area (Å²) in [7, 11) is 0. The molecule has 2 saturated carbocycles. The van der Waals surface area contributed by atoms with Gasteiger partial charge in [-0.2, -0.15) is 0 Å². The van der Waals surface area contributed by atoms with Crippen LogP contribution in [0.2, 0.25) is 0 Å². The van der Waals surface area contributed by atoms with E-state index in [0.717, 1.165) is 44.6 Å². The molecule has 1 aliphatic heterocycles. The first-order chi connectivity index (χ1) is 21.6. The molecule has 0 aromatic carbocycles. The molecule has 3 rings (SSSR count). The molecule has 3 aliphatic rings. The predicted octanol–water partition coefficient (Wildman–Crippen LogP) is 4.54. The number of amides is 5. The Balaban J connectivity index is 0.000000860. The molecule has 5 unspecified atom stereocenters. The highest BCUT2D eigenvalue weighted by Gasteiger charge is 2.41. The highest BCUT2D eigenvalue weighted by molar-refractivity contribution is 5.93. The second-order valence-corrected chi connectivity index (χ2v) is 13.8. The van der Waals surface area contributed by atoms with E-state index in [-0.39, 0.29) is 41.4 Å².